The molecular formula is C15H22BrN2O7P. The molecule has 0 unspecified atom stereocenters. The summed E-state index contributed by atoms with van der Waals surface area (Å²) in [6.45, 7) is 4.40. The minimum atomic E-state index is -3.91. The molecule has 0 aliphatic rings. The molecule has 9 nitrogen and oxygen atoms in total. The first-order valence-corrected chi connectivity index (χ1v) is 10.1. The monoisotopic (exact) mass is 452 g/mol. The van der Waals surface area contributed by atoms with E-state index in [0.717, 1.165) is 18.5 Å². The minimum Gasteiger partial charge on any atom is -0.464 e. The second-order valence-electron chi connectivity index (χ2n) is 5.34. The Hall–Kier alpha value is -1.32. The summed E-state index contributed by atoms with van der Waals surface area (Å²) in [5.41, 5.74) is -1.93. The normalized spacial score (nSPS) is 15.1. The summed E-state index contributed by atoms with van der Waals surface area (Å²) in [4.78, 5) is 23.3. The van der Waals surface area contributed by atoms with Gasteiger partial charge in [0.2, 0.25) is 0 Å². The molecule has 0 saturated carbocycles. The van der Waals surface area contributed by atoms with Gasteiger partial charge in [-0.2, -0.15) is 0 Å². The number of benzene rings is 1. The zero-order valence-electron chi connectivity index (χ0n) is 14.9. The second kappa shape index (κ2) is 9.57. The van der Waals surface area contributed by atoms with Crippen molar-refractivity contribution in [1.82, 2.24) is 5.09 Å². The van der Waals surface area contributed by atoms with Crippen LogP contribution in [0.1, 0.15) is 32.4 Å². The number of rotatable bonds is 10. The van der Waals surface area contributed by atoms with Crippen molar-refractivity contribution in [3.05, 3.63) is 44.4 Å². The zero-order chi connectivity index (χ0) is 20.0. The Morgan fingerprint density at radius 2 is 1.81 bits per heavy atom. The van der Waals surface area contributed by atoms with Crippen molar-refractivity contribution in [2.24, 2.45) is 0 Å². The highest BCUT2D eigenvalue weighted by Crippen LogP contribution is 2.48. The van der Waals surface area contributed by atoms with Gasteiger partial charge in [-0.3, -0.25) is 19.2 Å². The number of esters is 1. The summed E-state index contributed by atoms with van der Waals surface area (Å²) >= 11 is 3.28. The van der Waals surface area contributed by atoms with Crippen LogP contribution >= 0.6 is 23.7 Å². The fourth-order valence-corrected chi connectivity index (χ4v) is 4.18. The first-order valence-electron chi connectivity index (χ1n) is 7.79. The quantitative estimate of drug-likeness (QED) is 0.248. The summed E-state index contributed by atoms with van der Waals surface area (Å²) in [5, 5.41) is 14.3. The van der Waals surface area contributed by atoms with Crippen LogP contribution in [0.4, 0.5) is 0 Å². The predicted octanol–water partition coefficient (Wildman–Crippen LogP) is 3.47. The first-order chi connectivity index (χ1) is 12.1. The number of methoxy groups -OCH3 is 1. The fraction of sp³-hybridized carbons (Fsp3) is 0.533. The van der Waals surface area contributed by atoms with Crippen LogP contribution in [0.5, 0.6) is 0 Å². The Kier molecular flexibility index (Phi) is 8.36. The van der Waals surface area contributed by atoms with E-state index in [4.69, 9.17) is 9.05 Å². The number of hydrogen-bond acceptors (Lipinski definition) is 7. The topological polar surface area (TPSA) is 117 Å². The Morgan fingerprint density at radius 3 is 2.19 bits per heavy atom. The molecule has 0 aliphatic carbocycles. The Morgan fingerprint density at radius 1 is 1.31 bits per heavy atom. The molecule has 0 aromatic heterocycles. The number of carbonyl (C=O) groups excluding carboxylic acids is 1. The molecule has 0 heterocycles. The number of hydrogen-bond donors (Lipinski definition) is 1. The summed E-state index contributed by atoms with van der Waals surface area (Å²) in [7, 11) is -2.86. The highest BCUT2D eigenvalue weighted by molar-refractivity contribution is 9.10. The predicted molar refractivity (Wildman–Crippen MR) is 98.3 cm³/mol. The average molecular weight is 453 g/mol. The number of nitrogens with zero attached hydrogens (tertiary/aromatic N) is 1. The molecule has 1 aromatic rings. The third-order valence-electron chi connectivity index (χ3n) is 3.63. The number of carbonyl (C=O) groups is 1. The largest absolute Gasteiger partial charge is 0.464 e. The van der Waals surface area contributed by atoms with E-state index in [-0.39, 0.29) is 13.2 Å². The van der Waals surface area contributed by atoms with E-state index in [0.29, 0.717) is 5.56 Å². The minimum absolute atomic E-state index is 0.0464. The molecule has 0 saturated heterocycles. The van der Waals surface area contributed by atoms with Crippen molar-refractivity contribution in [3.63, 3.8) is 0 Å². The number of ether oxygens (including phenoxy) is 1. The Balaban J connectivity index is 3.51. The molecular weight excluding hydrogens is 431 g/mol. The number of nitrogens with one attached hydrogen (secondary N) is 1. The highest BCUT2D eigenvalue weighted by atomic mass is 79.9. The third kappa shape index (κ3) is 5.11. The number of nitro groups is 1. The molecule has 0 aliphatic heterocycles. The average Bonchev–Trinajstić information content (AvgIpc) is 2.59. The SMILES string of the molecule is CCOP(=O)(N[C@@H](c1ccc(Br)cc1)[C@@](C)(C(=O)OC)[N+](=O)[O-])OCC. The lowest BCUT2D eigenvalue weighted by atomic mass is 9.88. The Bertz CT molecular complexity index is 675. The van der Waals surface area contributed by atoms with Gasteiger partial charge in [0.15, 0.2) is 0 Å². The van der Waals surface area contributed by atoms with Crippen molar-refractivity contribution in [1.29, 1.82) is 0 Å². The maximum atomic E-state index is 12.9. The Labute approximate surface area is 160 Å². The van der Waals surface area contributed by atoms with Crippen LogP contribution in [0, 0.1) is 10.1 Å². The van der Waals surface area contributed by atoms with Crippen LogP contribution in [-0.4, -0.2) is 36.8 Å². The lowest BCUT2D eigenvalue weighted by Gasteiger charge is -2.31. The lowest BCUT2D eigenvalue weighted by molar-refractivity contribution is -0.556. The molecule has 0 spiro atoms. The van der Waals surface area contributed by atoms with Crippen LogP contribution in [0.15, 0.2) is 28.7 Å². The van der Waals surface area contributed by atoms with Crippen LogP contribution in [0.2, 0.25) is 0 Å². The van der Waals surface area contributed by atoms with Crippen molar-refractivity contribution in [2.45, 2.75) is 32.4 Å². The molecule has 1 aromatic carbocycles. The zero-order valence-corrected chi connectivity index (χ0v) is 17.4. The summed E-state index contributed by atoms with van der Waals surface area (Å²) in [5.74, 6) is -1.09. The lowest BCUT2D eigenvalue weighted by Crippen LogP contribution is -2.53. The van der Waals surface area contributed by atoms with Crippen LogP contribution < -0.4 is 5.09 Å². The van der Waals surface area contributed by atoms with E-state index < -0.39 is 30.2 Å². The molecule has 0 bridgehead atoms. The van der Waals surface area contributed by atoms with Gasteiger partial charge in [-0.25, -0.2) is 14.4 Å². The molecule has 1 rings (SSSR count). The van der Waals surface area contributed by atoms with Crippen molar-refractivity contribution < 1.29 is 28.1 Å². The smallest absolute Gasteiger partial charge is 0.406 e. The summed E-state index contributed by atoms with van der Waals surface area (Å²) in [6, 6.07) is 5.09. The van der Waals surface area contributed by atoms with Gasteiger partial charge in [-0.1, -0.05) is 28.1 Å². The molecule has 2 atom stereocenters. The van der Waals surface area contributed by atoms with Crippen LogP contribution in [0.3, 0.4) is 0 Å². The molecule has 26 heavy (non-hydrogen) atoms. The maximum absolute atomic E-state index is 12.9. The molecule has 146 valence electrons. The van der Waals surface area contributed by atoms with Crippen molar-refractivity contribution in [2.75, 3.05) is 20.3 Å². The van der Waals surface area contributed by atoms with Gasteiger partial charge in [-0.05, 0) is 31.5 Å². The van der Waals surface area contributed by atoms with Gasteiger partial charge in [0.1, 0.15) is 6.04 Å². The van der Waals surface area contributed by atoms with Crippen molar-refractivity contribution >= 4 is 29.6 Å². The molecule has 1 N–H and O–H groups in total. The molecule has 0 fully saturated rings. The van der Waals surface area contributed by atoms with E-state index >= 15 is 0 Å². The van der Waals surface area contributed by atoms with Gasteiger partial charge in [0.25, 0.3) is 0 Å². The standard InChI is InChI=1S/C15H22BrN2O7P/c1-5-24-26(22,25-6-2)17-13(11-7-9-12(16)10-8-11)15(3,18(20)21)14(19)23-4/h7-10,13H,5-6H2,1-4H3,(H,17,22)/t13-,15-/m0/s1. The summed E-state index contributed by atoms with van der Waals surface area (Å²) in [6.07, 6.45) is 0. The van der Waals surface area contributed by atoms with E-state index in [9.17, 15) is 19.5 Å². The van der Waals surface area contributed by atoms with Gasteiger partial charge in [-0.15, -0.1) is 0 Å². The van der Waals surface area contributed by atoms with E-state index in [1.54, 1.807) is 38.1 Å². The summed E-state index contributed by atoms with van der Waals surface area (Å²) < 4.78 is 28.6. The van der Waals surface area contributed by atoms with Crippen LogP contribution in [0.25, 0.3) is 0 Å². The van der Waals surface area contributed by atoms with Gasteiger partial charge in [0.05, 0.1) is 20.3 Å². The van der Waals surface area contributed by atoms with Gasteiger partial charge in [0, 0.05) is 16.3 Å². The van der Waals surface area contributed by atoms with E-state index in [1.165, 1.54) is 0 Å². The van der Waals surface area contributed by atoms with E-state index in [1.807, 2.05) is 0 Å². The second-order valence-corrected chi connectivity index (χ2v) is 8.03. The highest BCUT2D eigenvalue weighted by Gasteiger charge is 2.57. The van der Waals surface area contributed by atoms with Crippen molar-refractivity contribution in [3.8, 4) is 0 Å². The number of halogens is 1. The fourth-order valence-electron chi connectivity index (χ4n) is 2.29. The third-order valence-corrected chi connectivity index (χ3v) is 5.93. The molecule has 11 heteroatoms. The maximum Gasteiger partial charge on any atom is 0.406 e. The van der Waals surface area contributed by atoms with Crippen LogP contribution in [-0.2, 0) is 23.1 Å². The van der Waals surface area contributed by atoms with Gasteiger partial charge >= 0.3 is 19.3 Å². The molecule has 0 amide bonds. The first kappa shape index (κ1) is 22.7. The van der Waals surface area contributed by atoms with Gasteiger partial charge < -0.3 is 4.74 Å². The molecule has 0 radical (unpaired) electrons. The van der Waals surface area contributed by atoms with E-state index in [2.05, 4.69) is 25.8 Å².